The predicted molar refractivity (Wildman–Crippen MR) is 62.9 cm³/mol. The minimum Gasteiger partial charge on any atom is -0.444 e. The van der Waals surface area contributed by atoms with Crippen molar-refractivity contribution in [3.63, 3.8) is 0 Å². The molecule has 102 valence electrons. The van der Waals surface area contributed by atoms with Crippen LogP contribution in [0, 0.1) is 0 Å². The third kappa shape index (κ3) is 5.13. The molecule has 1 heterocycles. The van der Waals surface area contributed by atoms with Crippen molar-refractivity contribution in [1.29, 1.82) is 0 Å². The number of carbonyl (C=O) groups excluding carboxylic acids is 1. The van der Waals surface area contributed by atoms with Crippen LogP contribution < -0.4 is 5.32 Å². The summed E-state index contributed by atoms with van der Waals surface area (Å²) in [7, 11) is 0. The van der Waals surface area contributed by atoms with Gasteiger partial charge in [0, 0.05) is 13.0 Å². The Labute approximate surface area is 106 Å². The Morgan fingerprint density at radius 1 is 1.56 bits per heavy atom. The lowest BCUT2D eigenvalue weighted by molar-refractivity contribution is 0.0528. The topological polar surface area (TPSA) is 97.5 Å². The number of aliphatic hydroxyl groups is 1. The molecule has 1 aromatic rings. The Kier molecular flexibility index (Phi) is 4.66. The smallest absolute Gasteiger partial charge is 0.407 e. The van der Waals surface area contributed by atoms with E-state index in [4.69, 9.17) is 9.26 Å². The molecule has 18 heavy (non-hydrogen) atoms. The first-order valence-electron chi connectivity index (χ1n) is 5.75. The Bertz CT molecular complexity index is 395. The third-order valence-corrected chi connectivity index (χ3v) is 1.86. The molecule has 7 nitrogen and oxygen atoms in total. The molecule has 0 aliphatic heterocycles. The van der Waals surface area contributed by atoms with E-state index in [9.17, 15) is 9.90 Å². The average molecular weight is 257 g/mol. The van der Waals surface area contributed by atoms with Crippen LogP contribution >= 0.6 is 0 Å². The van der Waals surface area contributed by atoms with Crippen LogP contribution in [0.1, 0.15) is 45.5 Å². The number of ether oxygens (including phenoxy) is 1. The highest BCUT2D eigenvalue weighted by Crippen LogP contribution is 2.08. The molecule has 7 heteroatoms. The molecule has 0 aromatic carbocycles. The molecular weight excluding hydrogens is 238 g/mol. The van der Waals surface area contributed by atoms with Gasteiger partial charge in [-0.2, -0.15) is 4.98 Å². The van der Waals surface area contributed by atoms with Gasteiger partial charge in [0.15, 0.2) is 5.82 Å². The summed E-state index contributed by atoms with van der Waals surface area (Å²) in [5.41, 5.74) is -0.518. The maximum absolute atomic E-state index is 11.3. The number of hydrogen-bond donors (Lipinski definition) is 2. The minimum absolute atomic E-state index is 0.169. The number of aliphatic hydroxyl groups excluding tert-OH is 1. The zero-order valence-electron chi connectivity index (χ0n) is 11.1. The van der Waals surface area contributed by atoms with E-state index in [0.29, 0.717) is 18.8 Å². The number of alkyl carbamates (subject to hydrolysis) is 1. The highest BCUT2D eigenvalue weighted by molar-refractivity contribution is 5.67. The second kappa shape index (κ2) is 5.81. The number of hydrogen-bond acceptors (Lipinski definition) is 6. The molecule has 1 atom stereocenters. The van der Waals surface area contributed by atoms with Gasteiger partial charge in [-0.15, -0.1) is 0 Å². The summed E-state index contributed by atoms with van der Waals surface area (Å²) in [4.78, 5) is 15.3. The number of carbonyl (C=O) groups is 1. The Balaban J connectivity index is 2.31. The Morgan fingerprint density at radius 2 is 2.22 bits per heavy atom. The molecule has 1 aromatic heterocycles. The Morgan fingerprint density at radius 3 is 2.72 bits per heavy atom. The summed E-state index contributed by atoms with van der Waals surface area (Å²) >= 11 is 0. The van der Waals surface area contributed by atoms with Gasteiger partial charge in [-0.3, -0.25) is 0 Å². The highest BCUT2D eigenvalue weighted by Gasteiger charge is 2.16. The van der Waals surface area contributed by atoms with Crippen LogP contribution in [-0.2, 0) is 11.2 Å². The lowest BCUT2D eigenvalue weighted by atomic mass is 10.2. The number of nitrogens with one attached hydrogen (secondary N) is 1. The third-order valence-electron chi connectivity index (χ3n) is 1.86. The number of aromatic nitrogens is 2. The number of amides is 1. The van der Waals surface area contributed by atoms with Crippen LogP contribution in [0.15, 0.2) is 4.52 Å². The molecule has 0 unspecified atom stereocenters. The first-order valence-corrected chi connectivity index (χ1v) is 5.75. The molecule has 1 amide bonds. The van der Waals surface area contributed by atoms with E-state index in [1.54, 1.807) is 20.8 Å². The summed E-state index contributed by atoms with van der Waals surface area (Å²) in [6, 6.07) is 0. The van der Waals surface area contributed by atoms with Crippen molar-refractivity contribution in [3.05, 3.63) is 11.7 Å². The van der Waals surface area contributed by atoms with Crippen molar-refractivity contribution < 1.29 is 19.2 Å². The quantitative estimate of drug-likeness (QED) is 0.840. The second-order valence-corrected chi connectivity index (χ2v) is 4.90. The van der Waals surface area contributed by atoms with E-state index < -0.39 is 17.8 Å². The van der Waals surface area contributed by atoms with E-state index in [0.717, 1.165) is 0 Å². The van der Waals surface area contributed by atoms with Gasteiger partial charge >= 0.3 is 6.09 Å². The number of rotatable bonds is 4. The average Bonchev–Trinajstić information content (AvgIpc) is 2.63. The van der Waals surface area contributed by atoms with Crippen LogP contribution in [0.5, 0.6) is 0 Å². The first-order chi connectivity index (χ1) is 8.28. The molecule has 2 N–H and O–H groups in total. The summed E-state index contributed by atoms with van der Waals surface area (Å²) in [6.45, 7) is 7.26. The second-order valence-electron chi connectivity index (χ2n) is 4.90. The monoisotopic (exact) mass is 257 g/mol. The van der Waals surface area contributed by atoms with Gasteiger partial charge in [0.25, 0.3) is 5.89 Å². The van der Waals surface area contributed by atoms with Crippen molar-refractivity contribution >= 4 is 6.09 Å². The van der Waals surface area contributed by atoms with Gasteiger partial charge in [-0.25, -0.2) is 4.79 Å². The standard InChI is InChI=1S/C11H19N3O4/c1-7(15)9-13-8(14-18-9)5-6-12-10(16)17-11(2,3)4/h7,15H,5-6H2,1-4H3,(H,12,16)/t7-/m1/s1. The van der Waals surface area contributed by atoms with Crippen molar-refractivity contribution in [2.75, 3.05) is 6.54 Å². The van der Waals surface area contributed by atoms with E-state index >= 15 is 0 Å². The fourth-order valence-corrected chi connectivity index (χ4v) is 1.13. The Hall–Kier alpha value is -1.63. The van der Waals surface area contributed by atoms with Gasteiger partial charge in [-0.1, -0.05) is 5.16 Å². The molecule has 0 aliphatic carbocycles. The summed E-state index contributed by atoms with van der Waals surface area (Å²) in [5, 5.41) is 15.4. The van der Waals surface area contributed by atoms with Gasteiger partial charge < -0.3 is 19.7 Å². The lowest BCUT2D eigenvalue weighted by Gasteiger charge is -2.19. The van der Waals surface area contributed by atoms with Crippen LogP contribution in [0.3, 0.4) is 0 Å². The molecular formula is C11H19N3O4. The van der Waals surface area contributed by atoms with Gasteiger partial charge in [0.2, 0.25) is 0 Å². The lowest BCUT2D eigenvalue weighted by Crippen LogP contribution is -2.33. The van der Waals surface area contributed by atoms with Gasteiger partial charge in [0.05, 0.1) is 0 Å². The zero-order chi connectivity index (χ0) is 13.8. The molecule has 0 bridgehead atoms. The summed E-state index contributed by atoms with van der Waals surface area (Å²) < 4.78 is 9.87. The van der Waals surface area contributed by atoms with Crippen LogP contribution in [0.25, 0.3) is 0 Å². The molecule has 0 saturated heterocycles. The first kappa shape index (κ1) is 14.4. The highest BCUT2D eigenvalue weighted by atomic mass is 16.6. The fraction of sp³-hybridized carbons (Fsp3) is 0.727. The van der Waals surface area contributed by atoms with Gasteiger partial charge in [0.1, 0.15) is 11.7 Å². The van der Waals surface area contributed by atoms with E-state index in [2.05, 4.69) is 15.5 Å². The summed E-state index contributed by atoms with van der Waals surface area (Å²) in [6.07, 6.45) is -0.859. The van der Waals surface area contributed by atoms with Crippen molar-refractivity contribution in [1.82, 2.24) is 15.5 Å². The largest absolute Gasteiger partial charge is 0.444 e. The molecule has 0 radical (unpaired) electrons. The van der Waals surface area contributed by atoms with Crippen molar-refractivity contribution in [2.45, 2.75) is 45.8 Å². The van der Waals surface area contributed by atoms with Crippen LogP contribution in [0.2, 0.25) is 0 Å². The molecule has 0 aliphatic rings. The van der Waals surface area contributed by atoms with Crippen LogP contribution in [0.4, 0.5) is 4.79 Å². The predicted octanol–water partition coefficient (Wildman–Crippen LogP) is 1.19. The number of nitrogens with zero attached hydrogens (tertiary/aromatic N) is 2. The maximum atomic E-state index is 11.3. The van der Waals surface area contributed by atoms with E-state index in [1.807, 2.05) is 0 Å². The minimum atomic E-state index is -0.787. The van der Waals surface area contributed by atoms with E-state index in [1.165, 1.54) is 6.92 Å². The fourth-order valence-electron chi connectivity index (χ4n) is 1.13. The zero-order valence-corrected chi connectivity index (χ0v) is 11.1. The van der Waals surface area contributed by atoms with Crippen LogP contribution in [-0.4, -0.2) is 33.5 Å². The SMILES string of the molecule is C[C@@H](O)c1nc(CCNC(=O)OC(C)(C)C)no1. The van der Waals surface area contributed by atoms with E-state index in [-0.39, 0.29) is 5.89 Å². The maximum Gasteiger partial charge on any atom is 0.407 e. The van der Waals surface area contributed by atoms with Crippen molar-refractivity contribution in [2.24, 2.45) is 0 Å². The molecule has 0 fully saturated rings. The summed E-state index contributed by atoms with van der Waals surface area (Å²) in [5.74, 6) is 0.601. The molecule has 0 saturated carbocycles. The molecule has 1 rings (SSSR count). The normalized spacial score (nSPS) is 13.2. The van der Waals surface area contributed by atoms with Crippen molar-refractivity contribution in [3.8, 4) is 0 Å². The molecule has 0 spiro atoms. The van der Waals surface area contributed by atoms with Gasteiger partial charge in [-0.05, 0) is 27.7 Å².